The van der Waals surface area contributed by atoms with Crippen molar-refractivity contribution in [2.45, 2.75) is 33.4 Å². The summed E-state index contributed by atoms with van der Waals surface area (Å²) in [5.41, 5.74) is 1.23. The van der Waals surface area contributed by atoms with Crippen molar-refractivity contribution in [2.24, 2.45) is 5.92 Å². The van der Waals surface area contributed by atoms with E-state index in [9.17, 15) is 4.79 Å². The minimum atomic E-state index is 0.0557. The first-order chi connectivity index (χ1) is 8.08. The van der Waals surface area contributed by atoms with Crippen LogP contribution in [0.1, 0.15) is 32.4 Å². The minimum absolute atomic E-state index is 0.0557. The van der Waals surface area contributed by atoms with Crippen molar-refractivity contribution in [3.63, 3.8) is 0 Å². The maximum atomic E-state index is 11.4. The molecule has 1 atom stereocenters. The molecular formula is C13H23N3O. The Hall–Kier alpha value is -1.29. The molecular weight excluding hydrogens is 214 g/mol. The van der Waals surface area contributed by atoms with Crippen molar-refractivity contribution in [1.82, 2.24) is 15.2 Å². The number of aromatic nitrogens is 1. The van der Waals surface area contributed by atoms with Crippen LogP contribution >= 0.6 is 0 Å². The normalized spacial score (nSPS) is 12.8. The van der Waals surface area contributed by atoms with E-state index in [2.05, 4.69) is 30.5 Å². The summed E-state index contributed by atoms with van der Waals surface area (Å²) in [4.78, 5) is 11.4. The van der Waals surface area contributed by atoms with Gasteiger partial charge in [0.2, 0.25) is 5.91 Å². The molecule has 0 radical (unpaired) electrons. The second-order valence-electron chi connectivity index (χ2n) is 4.58. The van der Waals surface area contributed by atoms with Gasteiger partial charge in [0, 0.05) is 25.0 Å². The Kier molecular flexibility index (Phi) is 5.22. The van der Waals surface area contributed by atoms with Gasteiger partial charge in [-0.25, -0.2) is 0 Å². The SMILES string of the molecule is CCNC(=O)Cn1ccc(C(NC)C(C)C)c1. The van der Waals surface area contributed by atoms with Gasteiger partial charge in [-0.05, 0) is 31.5 Å². The van der Waals surface area contributed by atoms with E-state index < -0.39 is 0 Å². The molecule has 1 amide bonds. The van der Waals surface area contributed by atoms with Crippen LogP contribution in [0, 0.1) is 5.92 Å². The molecule has 1 heterocycles. The zero-order valence-corrected chi connectivity index (χ0v) is 11.2. The zero-order valence-electron chi connectivity index (χ0n) is 11.2. The molecule has 0 aromatic carbocycles. The molecule has 1 unspecified atom stereocenters. The first kappa shape index (κ1) is 13.8. The number of likely N-dealkylation sites (N-methyl/N-ethyl adjacent to an activating group) is 1. The van der Waals surface area contributed by atoms with Crippen molar-refractivity contribution in [3.8, 4) is 0 Å². The maximum Gasteiger partial charge on any atom is 0.239 e. The predicted octanol–water partition coefficient (Wildman–Crippen LogP) is 1.54. The Balaban J connectivity index is 2.67. The van der Waals surface area contributed by atoms with E-state index in [4.69, 9.17) is 0 Å². The number of hydrogen-bond donors (Lipinski definition) is 2. The largest absolute Gasteiger partial charge is 0.355 e. The highest BCUT2D eigenvalue weighted by molar-refractivity contribution is 5.75. The van der Waals surface area contributed by atoms with Crippen LogP contribution in [0.2, 0.25) is 0 Å². The Morgan fingerprint density at radius 2 is 2.18 bits per heavy atom. The fourth-order valence-corrected chi connectivity index (χ4v) is 2.05. The van der Waals surface area contributed by atoms with Gasteiger partial charge in [0.25, 0.3) is 0 Å². The van der Waals surface area contributed by atoms with Gasteiger partial charge in [-0.1, -0.05) is 13.8 Å². The van der Waals surface area contributed by atoms with Crippen LogP contribution in [-0.4, -0.2) is 24.1 Å². The Morgan fingerprint density at radius 3 is 2.71 bits per heavy atom. The molecule has 1 aromatic rings. The molecule has 0 aliphatic carbocycles. The molecule has 4 heteroatoms. The van der Waals surface area contributed by atoms with E-state index in [0.29, 0.717) is 25.0 Å². The Morgan fingerprint density at radius 1 is 1.47 bits per heavy atom. The lowest BCUT2D eigenvalue weighted by Gasteiger charge is -2.18. The van der Waals surface area contributed by atoms with Gasteiger partial charge < -0.3 is 15.2 Å². The predicted molar refractivity (Wildman–Crippen MR) is 69.8 cm³/mol. The standard InChI is InChI=1S/C13H23N3O/c1-5-15-12(17)9-16-7-6-11(8-16)13(14-4)10(2)3/h6-8,10,13-14H,5,9H2,1-4H3,(H,15,17). The molecule has 17 heavy (non-hydrogen) atoms. The third-order valence-electron chi connectivity index (χ3n) is 2.81. The van der Waals surface area contributed by atoms with Gasteiger partial charge in [0.1, 0.15) is 6.54 Å². The van der Waals surface area contributed by atoms with Crippen molar-refractivity contribution in [2.75, 3.05) is 13.6 Å². The van der Waals surface area contributed by atoms with Crippen LogP contribution in [-0.2, 0) is 11.3 Å². The van der Waals surface area contributed by atoms with E-state index in [-0.39, 0.29) is 5.91 Å². The van der Waals surface area contributed by atoms with Crippen LogP contribution in [0.25, 0.3) is 0 Å². The number of carbonyl (C=O) groups excluding carboxylic acids is 1. The van der Waals surface area contributed by atoms with Gasteiger partial charge in [-0.15, -0.1) is 0 Å². The molecule has 0 saturated heterocycles. The smallest absolute Gasteiger partial charge is 0.239 e. The molecule has 0 aliphatic rings. The van der Waals surface area contributed by atoms with Crippen molar-refractivity contribution in [3.05, 3.63) is 24.0 Å². The molecule has 2 N–H and O–H groups in total. The second-order valence-corrected chi connectivity index (χ2v) is 4.58. The van der Waals surface area contributed by atoms with Crippen molar-refractivity contribution >= 4 is 5.91 Å². The van der Waals surface area contributed by atoms with Gasteiger partial charge >= 0.3 is 0 Å². The summed E-state index contributed by atoms with van der Waals surface area (Å²) in [6.45, 7) is 7.36. The molecule has 0 saturated carbocycles. The summed E-state index contributed by atoms with van der Waals surface area (Å²) < 4.78 is 1.92. The number of carbonyl (C=O) groups is 1. The molecule has 4 nitrogen and oxygen atoms in total. The third kappa shape index (κ3) is 3.89. The third-order valence-corrected chi connectivity index (χ3v) is 2.81. The van der Waals surface area contributed by atoms with Crippen molar-refractivity contribution in [1.29, 1.82) is 0 Å². The number of nitrogens with zero attached hydrogens (tertiary/aromatic N) is 1. The average molecular weight is 237 g/mol. The lowest BCUT2D eigenvalue weighted by molar-refractivity contribution is -0.121. The number of rotatable bonds is 6. The van der Waals surface area contributed by atoms with Crippen LogP contribution < -0.4 is 10.6 Å². The molecule has 1 aromatic heterocycles. The Bertz CT molecular complexity index is 357. The highest BCUT2D eigenvalue weighted by Crippen LogP contribution is 2.21. The first-order valence-electron chi connectivity index (χ1n) is 6.18. The van der Waals surface area contributed by atoms with Crippen LogP contribution in [0.3, 0.4) is 0 Å². The van der Waals surface area contributed by atoms with Gasteiger partial charge in [-0.2, -0.15) is 0 Å². The van der Waals surface area contributed by atoms with Gasteiger partial charge in [0.15, 0.2) is 0 Å². The molecule has 1 rings (SSSR count). The highest BCUT2D eigenvalue weighted by atomic mass is 16.1. The Labute approximate surface area is 103 Å². The quantitative estimate of drug-likeness (QED) is 0.788. The summed E-state index contributed by atoms with van der Waals surface area (Å²) >= 11 is 0. The van der Waals surface area contributed by atoms with E-state index in [1.165, 1.54) is 5.56 Å². The number of nitrogens with one attached hydrogen (secondary N) is 2. The summed E-state index contributed by atoms with van der Waals surface area (Å²) in [6, 6.07) is 2.41. The lowest BCUT2D eigenvalue weighted by Crippen LogP contribution is -2.26. The van der Waals surface area contributed by atoms with E-state index in [1.54, 1.807) is 0 Å². The lowest BCUT2D eigenvalue weighted by atomic mass is 9.99. The molecule has 96 valence electrons. The van der Waals surface area contributed by atoms with Crippen LogP contribution in [0.15, 0.2) is 18.5 Å². The van der Waals surface area contributed by atoms with E-state index >= 15 is 0 Å². The van der Waals surface area contributed by atoms with E-state index in [1.807, 2.05) is 30.9 Å². The topological polar surface area (TPSA) is 46.1 Å². The summed E-state index contributed by atoms with van der Waals surface area (Å²) in [6.07, 6.45) is 3.99. The maximum absolute atomic E-state index is 11.4. The summed E-state index contributed by atoms with van der Waals surface area (Å²) in [7, 11) is 1.96. The van der Waals surface area contributed by atoms with Crippen LogP contribution in [0.5, 0.6) is 0 Å². The monoisotopic (exact) mass is 237 g/mol. The average Bonchev–Trinajstić information content (AvgIpc) is 2.67. The highest BCUT2D eigenvalue weighted by Gasteiger charge is 2.14. The summed E-state index contributed by atoms with van der Waals surface area (Å²) in [5, 5.41) is 6.09. The van der Waals surface area contributed by atoms with Crippen LogP contribution in [0.4, 0.5) is 0 Å². The molecule has 0 bridgehead atoms. The molecule has 0 fully saturated rings. The summed E-state index contributed by atoms with van der Waals surface area (Å²) in [5.74, 6) is 0.584. The van der Waals surface area contributed by atoms with Gasteiger partial charge in [0.05, 0.1) is 0 Å². The van der Waals surface area contributed by atoms with Gasteiger partial charge in [-0.3, -0.25) is 4.79 Å². The number of hydrogen-bond acceptors (Lipinski definition) is 2. The van der Waals surface area contributed by atoms with E-state index in [0.717, 1.165) is 0 Å². The van der Waals surface area contributed by atoms with Crippen molar-refractivity contribution < 1.29 is 4.79 Å². The molecule has 0 spiro atoms. The fourth-order valence-electron chi connectivity index (χ4n) is 2.05. The zero-order chi connectivity index (χ0) is 12.8. The fraction of sp³-hybridized carbons (Fsp3) is 0.615. The minimum Gasteiger partial charge on any atom is -0.355 e. The first-order valence-corrected chi connectivity index (χ1v) is 6.18. The number of amides is 1. The second kappa shape index (κ2) is 6.45. The molecule has 0 aliphatic heterocycles.